The average molecular weight is 439 g/mol. The molecule has 160 valence electrons. The van der Waals surface area contributed by atoms with Crippen molar-refractivity contribution >= 4 is 27.6 Å². The fourth-order valence-corrected chi connectivity index (χ4v) is 3.97. The quantitative estimate of drug-likeness (QED) is 0.414. The van der Waals surface area contributed by atoms with E-state index in [2.05, 4.69) is 4.74 Å². The zero-order valence-corrected chi connectivity index (χ0v) is 17.8. The molecule has 0 saturated heterocycles. The number of nitrogens with zero attached hydrogens (tertiary/aromatic N) is 1. The van der Waals surface area contributed by atoms with Gasteiger partial charge in [0.2, 0.25) is 0 Å². The maximum absolute atomic E-state index is 12.8. The highest BCUT2D eigenvalue weighted by Crippen LogP contribution is 2.22. The molecule has 0 unspecified atom stereocenters. The Hall–Kier alpha value is -3.65. The number of benzene rings is 3. The van der Waals surface area contributed by atoms with Gasteiger partial charge in [-0.15, -0.1) is 0 Å². The van der Waals surface area contributed by atoms with Crippen molar-refractivity contribution in [2.24, 2.45) is 0 Å². The molecule has 0 aliphatic rings. The van der Waals surface area contributed by atoms with Crippen LogP contribution in [0.2, 0.25) is 0 Å². The summed E-state index contributed by atoms with van der Waals surface area (Å²) in [6.45, 7) is 0. The van der Waals surface area contributed by atoms with E-state index in [1.165, 1.54) is 42.7 Å². The molecule has 3 aromatic carbocycles. The Morgan fingerprint density at radius 1 is 0.871 bits per heavy atom. The van der Waals surface area contributed by atoms with Crippen molar-refractivity contribution in [1.82, 2.24) is 0 Å². The van der Waals surface area contributed by atoms with Gasteiger partial charge in [-0.1, -0.05) is 30.3 Å². The van der Waals surface area contributed by atoms with Crippen LogP contribution in [0.15, 0.2) is 83.8 Å². The van der Waals surface area contributed by atoms with Crippen molar-refractivity contribution in [1.29, 1.82) is 0 Å². The Balaban J connectivity index is 1.69. The molecular weight excluding hydrogens is 418 g/mol. The molecule has 0 aromatic heterocycles. The highest BCUT2D eigenvalue weighted by atomic mass is 32.2. The Morgan fingerprint density at radius 2 is 1.48 bits per heavy atom. The molecule has 0 N–H and O–H groups in total. The van der Waals surface area contributed by atoms with E-state index < -0.39 is 16.0 Å². The van der Waals surface area contributed by atoms with E-state index in [0.29, 0.717) is 11.4 Å². The maximum atomic E-state index is 12.8. The van der Waals surface area contributed by atoms with Crippen LogP contribution in [-0.2, 0) is 26.0 Å². The number of ether oxygens (including phenoxy) is 2. The minimum atomic E-state index is -3.77. The van der Waals surface area contributed by atoms with Crippen molar-refractivity contribution < 1.29 is 27.5 Å². The van der Waals surface area contributed by atoms with E-state index in [0.717, 1.165) is 5.56 Å². The third-order valence-electron chi connectivity index (χ3n) is 4.58. The largest absolute Gasteiger partial charge is 0.469 e. The van der Waals surface area contributed by atoms with Crippen LogP contribution in [0.25, 0.3) is 0 Å². The summed E-state index contributed by atoms with van der Waals surface area (Å²) in [7, 11) is -0.984. The second-order valence-electron chi connectivity index (χ2n) is 6.62. The Kier molecular flexibility index (Phi) is 6.71. The van der Waals surface area contributed by atoms with Crippen LogP contribution in [0.1, 0.15) is 15.9 Å². The molecule has 0 fully saturated rings. The normalized spacial score (nSPS) is 10.9. The van der Waals surface area contributed by atoms with Crippen LogP contribution < -0.4 is 9.04 Å². The van der Waals surface area contributed by atoms with Crippen LogP contribution in [0.3, 0.4) is 0 Å². The second kappa shape index (κ2) is 9.44. The summed E-state index contributed by atoms with van der Waals surface area (Å²) < 4.78 is 36.7. The highest BCUT2D eigenvalue weighted by Gasteiger charge is 2.21. The lowest BCUT2D eigenvalue weighted by molar-refractivity contribution is -0.139. The molecule has 0 bridgehead atoms. The highest BCUT2D eigenvalue weighted by molar-refractivity contribution is 7.92. The SMILES string of the molecule is COC(=O)Cc1ccc(OC(=O)c2ccc(S(=O)(=O)N(C)c3ccccc3)cc2)cc1. The third kappa shape index (κ3) is 5.29. The molecule has 0 atom stereocenters. The van der Waals surface area contributed by atoms with Gasteiger partial charge in [0.25, 0.3) is 10.0 Å². The summed E-state index contributed by atoms with van der Waals surface area (Å²) in [6.07, 6.45) is 0.123. The molecule has 8 heteroatoms. The zero-order chi connectivity index (χ0) is 22.4. The van der Waals surface area contributed by atoms with Gasteiger partial charge in [-0.3, -0.25) is 9.10 Å². The van der Waals surface area contributed by atoms with E-state index in [1.54, 1.807) is 54.6 Å². The van der Waals surface area contributed by atoms with Crippen molar-refractivity contribution in [3.8, 4) is 5.75 Å². The second-order valence-corrected chi connectivity index (χ2v) is 8.59. The molecule has 7 nitrogen and oxygen atoms in total. The van der Waals surface area contributed by atoms with Gasteiger partial charge in [0.1, 0.15) is 5.75 Å². The number of hydrogen-bond acceptors (Lipinski definition) is 6. The van der Waals surface area contributed by atoms with E-state index in [1.807, 2.05) is 0 Å². The predicted octanol–water partition coefficient (Wildman–Crippen LogP) is 3.45. The molecule has 0 aliphatic heterocycles. The first kappa shape index (κ1) is 22.0. The predicted molar refractivity (Wildman–Crippen MR) is 116 cm³/mol. The smallest absolute Gasteiger partial charge is 0.343 e. The number of carbonyl (C=O) groups is 2. The summed E-state index contributed by atoms with van der Waals surface area (Å²) in [5, 5.41) is 0. The van der Waals surface area contributed by atoms with Crippen molar-refractivity contribution in [2.45, 2.75) is 11.3 Å². The molecule has 0 amide bonds. The molecule has 3 aromatic rings. The van der Waals surface area contributed by atoms with Gasteiger partial charge in [-0.25, -0.2) is 13.2 Å². The van der Waals surface area contributed by atoms with Gasteiger partial charge in [-0.2, -0.15) is 0 Å². The lowest BCUT2D eigenvalue weighted by atomic mass is 10.1. The van der Waals surface area contributed by atoms with E-state index in [4.69, 9.17) is 4.74 Å². The number of para-hydroxylation sites is 1. The number of methoxy groups -OCH3 is 1. The van der Waals surface area contributed by atoms with E-state index in [9.17, 15) is 18.0 Å². The van der Waals surface area contributed by atoms with Gasteiger partial charge in [0.15, 0.2) is 0 Å². The summed E-state index contributed by atoms with van der Waals surface area (Å²) in [6, 6.07) is 20.7. The summed E-state index contributed by atoms with van der Waals surface area (Å²) >= 11 is 0. The van der Waals surface area contributed by atoms with Crippen LogP contribution in [-0.4, -0.2) is 34.5 Å². The fraction of sp³-hybridized carbons (Fsp3) is 0.130. The molecule has 31 heavy (non-hydrogen) atoms. The topological polar surface area (TPSA) is 90.0 Å². The van der Waals surface area contributed by atoms with E-state index in [-0.39, 0.29) is 22.8 Å². The van der Waals surface area contributed by atoms with Gasteiger partial charge in [0.05, 0.1) is 29.7 Å². The first-order valence-corrected chi connectivity index (χ1v) is 10.8. The first-order valence-electron chi connectivity index (χ1n) is 9.33. The number of esters is 2. The van der Waals surface area contributed by atoms with Gasteiger partial charge < -0.3 is 9.47 Å². The Morgan fingerprint density at radius 3 is 2.06 bits per heavy atom. The lowest BCUT2D eigenvalue weighted by Crippen LogP contribution is -2.26. The lowest BCUT2D eigenvalue weighted by Gasteiger charge is -2.19. The van der Waals surface area contributed by atoms with Crippen LogP contribution >= 0.6 is 0 Å². The number of rotatable bonds is 7. The fourth-order valence-electron chi connectivity index (χ4n) is 2.78. The van der Waals surface area contributed by atoms with Gasteiger partial charge >= 0.3 is 11.9 Å². The number of sulfonamides is 1. The molecule has 3 rings (SSSR count). The first-order chi connectivity index (χ1) is 14.8. The molecule has 0 radical (unpaired) electrons. The third-order valence-corrected chi connectivity index (χ3v) is 6.38. The summed E-state index contributed by atoms with van der Waals surface area (Å²) in [4.78, 5) is 23.7. The zero-order valence-electron chi connectivity index (χ0n) is 17.0. The van der Waals surface area contributed by atoms with Crippen molar-refractivity contribution in [2.75, 3.05) is 18.5 Å². The average Bonchev–Trinajstić information content (AvgIpc) is 2.80. The molecule has 0 spiro atoms. The monoisotopic (exact) mass is 439 g/mol. The van der Waals surface area contributed by atoms with Crippen LogP contribution in [0.4, 0.5) is 5.69 Å². The van der Waals surface area contributed by atoms with Crippen LogP contribution in [0.5, 0.6) is 5.75 Å². The van der Waals surface area contributed by atoms with E-state index >= 15 is 0 Å². The Labute approximate surface area is 180 Å². The van der Waals surface area contributed by atoms with Gasteiger partial charge in [-0.05, 0) is 54.1 Å². The molecule has 0 heterocycles. The minimum absolute atomic E-state index is 0.0579. The molecule has 0 aliphatic carbocycles. The number of carbonyl (C=O) groups excluding carboxylic acids is 2. The van der Waals surface area contributed by atoms with Gasteiger partial charge in [0, 0.05) is 7.05 Å². The standard InChI is InChI=1S/C23H21NO6S/c1-24(19-6-4-3-5-7-19)31(27,28)21-14-10-18(11-15-21)23(26)30-20-12-8-17(9-13-20)16-22(25)29-2/h3-15H,16H2,1-2H3. The molecular formula is C23H21NO6S. The van der Waals surface area contributed by atoms with Crippen molar-refractivity contribution in [3.05, 3.63) is 90.0 Å². The van der Waals surface area contributed by atoms with Crippen molar-refractivity contribution in [3.63, 3.8) is 0 Å². The summed E-state index contributed by atoms with van der Waals surface area (Å²) in [5.74, 6) is -0.682. The molecule has 0 saturated carbocycles. The summed E-state index contributed by atoms with van der Waals surface area (Å²) in [5.41, 5.74) is 1.46. The van der Waals surface area contributed by atoms with Crippen LogP contribution in [0, 0.1) is 0 Å². The Bertz CT molecular complexity index is 1160. The number of hydrogen-bond donors (Lipinski definition) is 0. The number of anilines is 1. The minimum Gasteiger partial charge on any atom is -0.469 e. The maximum Gasteiger partial charge on any atom is 0.343 e.